The van der Waals surface area contributed by atoms with E-state index in [2.05, 4.69) is 23.3 Å². The van der Waals surface area contributed by atoms with Crippen molar-refractivity contribution in [2.75, 3.05) is 0 Å². The number of unbranched alkanes of at least 4 members (excludes halogenated alkanes) is 8. The van der Waals surface area contributed by atoms with Gasteiger partial charge in [0.15, 0.2) is 0 Å². The Bertz CT molecular complexity index is 678. The van der Waals surface area contributed by atoms with Crippen molar-refractivity contribution in [2.24, 2.45) is 11.5 Å². The molecule has 0 aromatic carbocycles. The number of nitrogens with two attached hydrogens (primary N) is 2. The van der Waals surface area contributed by atoms with Gasteiger partial charge in [-0.05, 0) is 38.5 Å². The molecule has 40 heavy (non-hydrogen) atoms. The van der Waals surface area contributed by atoms with E-state index in [-0.39, 0.29) is 97.6 Å². The fraction of sp³-hybridized carbons (Fsp3) is 0.769. The molecule has 0 aromatic heterocycles. The maximum absolute atomic E-state index is 11.3. The number of carbonyl (C=O) groups is 6. The molecule has 0 radical (unpaired) electrons. The van der Waals surface area contributed by atoms with E-state index in [0.717, 1.165) is 51.4 Å². The summed E-state index contributed by atoms with van der Waals surface area (Å²) in [6.07, 6.45) is 9.34. The first-order chi connectivity index (χ1) is 17.9. The molecule has 0 fully saturated rings. The predicted octanol–water partition coefficient (Wildman–Crippen LogP) is -5.44. The summed E-state index contributed by atoms with van der Waals surface area (Å²) >= 11 is 0. The Kier molecular flexibility index (Phi) is 35.8. The van der Waals surface area contributed by atoms with Crippen molar-refractivity contribution in [3.05, 3.63) is 0 Å². The average molecular weight is 591 g/mol. The third-order valence-corrected chi connectivity index (χ3v) is 5.32. The molecule has 0 aliphatic rings. The van der Waals surface area contributed by atoms with Crippen LogP contribution in [0.3, 0.4) is 0 Å². The van der Waals surface area contributed by atoms with Gasteiger partial charge in [-0.3, -0.25) is 9.59 Å². The molecule has 0 saturated carbocycles. The molecule has 220 valence electrons. The monoisotopic (exact) mass is 590 g/mol. The standard InChI is InChI=1S/2C13H23NO5.2Na/c2*1-2-3-4-5-6-7-12(17)19-13(18)10(14)8-9-11(15)16;;/h2*10H,2-9,14H2,1H3,(H,15,16);;/q;;2*+1/p-2/t2*10-;;/m00../s1. The van der Waals surface area contributed by atoms with Crippen LogP contribution in [0.2, 0.25) is 0 Å². The van der Waals surface area contributed by atoms with E-state index >= 15 is 0 Å². The van der Waals surface area contributed by atoms with Crippen molar-refractivity contribution in [3.63, 3.8) is 0 Å². The van der Waals surface area contributed by atoms with E-state index in [1.165, 1.54) is 0 Å². The zero-order valence-electron chi connectivity index (χ0n) is 24.7. The third-order valence-electron chi connectivity index (χ3n) is 5.32. The topological polar surface area (TPSA) is 219 Å². The van der Waals surface area contributed by atoms with Gasteiger partial charge in [0.1, 0.15) is 12.1 Å². The fourth-order valence-electron chi connectivity index (χ4n) is 3.01. The minimum absolute atomic E-state index is 0. The van der Waals surface area contributed by atoms with E-state index in [4.69, 9.17) is 11.5 Å². The van der Waals surface area contributed by atoms with E-state index in [1.807, 2.05) is 0 Å². The molecule has 12 nitrogen and oxygen atoms in total. The summed E-state index contributed by atoms with van der Waals surface area (Å²) in [4.78, 5) is 65.6. The molecular weight excluding hydrogens is 546 g/mol. The van der Waals surface area contributed by atoms with Crippen LogP contribution in [0, 0.1) is 0 Å². The Hall–Kier alpha value is -0.860. The molecular formula is C26H44N2Na2O10. The summed E-state index contributed by atoms with van der Waals surface area (Å²) in [7, 11) is 0. The maximum Gasteiger partial charge on any atom is 1.00 e. The summed E-state index contributed by atoms with van der Waals surface area (Å²) in [5.41, 5.74) is 10.8. The third kappa shape index (κ3) is 31.7. The quantitative estimate of drug-likeness (QED) is 0.0587. The molecule has 4 N–H and O–H groups in total. The number of carboxylic acid groups (broad SMARTS) is 2. The van der Waals surface area contributed by atoms with E-state index in [0.29, 0.717) is 12.8 Å². The number of aliphatic carboxylic acids is 2. The molecule has 0 bridgehead atoms. The Morgan fingerprint density at radius 3 is 1.12 bits per heavy atom. The average Bonchev–Trinajstić information content (AvgIpc) is 2.85. The van der Waals surface area contributed by atoms with Crippen LogP contribution in [0.25, 0.3) is 0 Å². The number of carbonyl (C=O) groups excluding carboxylic acids is 6. The smallest absolute Gasteiger partial charge is 0.550 e. The minimum atomic E-state index is -1.29. The molecule has 0 spiro atoms. The summed E-state index contributed by atoms with van der Waals surface area (Å²) in [5.74, 6) is -5.54. The summed E-state index contributed by atoms with van der Waals surface area (Å²) in [6, 6.07) is -2.19. The van der Waals surface area contributed by atoms with Crippen LogP contribution in [0.15, 0.2) is 0 Å². The molecule has 2 atom stereocenters. The van der Waals surface area contributed by atoms with E-state index in [1.54, 1.807) is 0 Å². The number of hydrogen-bond acceptors (Lipinski definition) is 12. The van der Waals surface area contributed by atoms with Crippen LogP contribution in [0.4, 0.5) is 0 Å². The second-order valence-electron chi connectivity index (χ2n) is 8.95. The number of carboxylic acids is 2. The molecule has 14 heteroatoms. The SMILES string of the molecule is CCCCCCCC(=O)OC(=O)[C@@H](N)CCC(=O)[O-].CCCCCCCC(=O)OC(=O)[C@@H](N)CCC(=O)[O-].[Na+].[Na+]. The summed E-state index contributed by atoms with van der Waals surface area (Å²) < 4.78 is 9.07. The van der Waals surface area contributed by atoms with Crippen molar-refractivity contribution in [3.8, 4) is 0 Å². The van der Waals surface area contributed by atoms with Crippen LogP contribution in [-0.2, 0) is 38.2 Å². The van der Waals surface area contributed by atoms with Gasteiger partial charge in [0, 0.05) is 24.8 Å². The van der Waals surface area contributed by atoms with Gasteiger partial charge < -0.3 is 40.7 Å². The van der Waals surface area contributed by atoms with Crippen LogP contribution in [0.1, 0.15) is 117 Å². The first-order valence-corrected chi connectivity index (χ1v) is 13.3. The van der Waals surface area contributed by atoms with Crippen molar-refractivity contribution < 1.29 is 108 Å². The van der Waals surface area contributed by atoms with Crippen LogP contribution >= 0.6 is 0 Å². The van der Waals surface area contributed by atoms with Gasteiger partial charge in [-0.15, -0.1) is 0 Å². The van der Waals surface area contributed by atoms with Crippen molar-refractivity contribution in [2.45, 2.75) is 129 Å². The second-order valence-corrected chi connectivity index (χ2v) is 8.95. The second kappa shape index (κ2) is 31.1. The van der Waals surface area contributed by atoms with Crippen LogP contribution in [-0.4, -0.2) is 47.9 Å². The molecule has 0 aliphatic carbocycles. The van der Waals surface area contributed by atoms with Gasteiger partial charge in [-0.25, -0.2) is 9.59 Å². The van der Waals surface area contributed by atoms with Crippen LogP contribution < -0.4 is 80.8 Å². The molecule has 0 amide bonds. The molecule has 0 rings (SSSR count). The molecule has 0 aliphatic heterocycles. The zero-order chi connectivity index (χ0) is 29.3. The van der Waals surface area contributed by atoms with Crippen molar-refractivity contribution >= 4 is 35.8 Å². The van der Waals surface area contributed by atoms with Gasteiger partial charge in [0.05, 0.1) is 0 Å². The summed E-state index contributed by atoms with van der Waals surface area (Å²) in [5, 5.41) is 20.4. The summed E-state index contributed by atoms with van der Waals surface area (Å²) in [6.45, 7) is 4.20. The number of esters is 4. The first kappa shape index (κ1) is 46.1. The number of hydrogen-bond donors (Lipinski definition) is 2. The van der Waals surface area contributed by atoms with Crippen LogP contribution in [0.5, 0.6) is 0 Å². The van der Waals surface area contributed by atoms with Gasteiger partial charge in [-0.2, -0.15) is 0 Å². The Labute approximate surface area is 281 Å². The van der Waals surface area contributed by atoms with Crippen molar-refractivity contribution in [1.82, 2.24) is 0 Å². The normalized spacial score (nSPS) is 11.3. The Balaban J connectivity index is -0.000000309. The Morgan fingerprint density at radius 2 is 0.850 bits per heavy atom. The van der Waals surface area contributed by atoms with E-state index in [9.17, 15) is 39.0 Å². The Morgan fingerprint density at radius 1 is 0.550 bits per heavy atom. The molecule has 0 saturated heterocycles. The molecule has 0 unspecified atom stereocenters. The fourth-order valence-corrected chi connectivity index (χ4v) is 3.01. The van der Waals surface area contributed by atoms with Crippen molar-refractivity contribution in [1.29, 1.82) is 0 Å². The van der Waals surface area contributed by atoms with Gasteiger partial charge in [0.2, 0.25) is 0 Å². The van der Waals surface area contributed by atoms with Gasteiger partial charge >= 0.3 is 83.0 Å². The van der Waals surface area contributed by atoms with E-state index < -0.39 is 47.9 Å². The maximum atomic E-state index is 11.3. The number of ether oxygens (including phenoxy) is 2. The van der Waals surface area contributed by atoms with Gasteiger partial charge in [0.25, 0.3) is 0 Å². The minimum Gasteiger partial charge on any atom is -0.550 e. The zero-order valence-corrected chi connectivity index (χ0v) is 28.7. The first-order valence-electron chi connectivity index (χ1n) is 13.3. The van der Waals surface area contributed by atoms with Gasteiger partial charge in [-0.1, -0.05) is 65.2 Å². The molecule has 0 aromatic rings. The molecule has 0 heterocycles. The predicted molar refractivity (Wildman–Crippen MR) is 133 cm³/mol. The number of rotatable bonds is 20. The largest absolute Gasteiger partial charge is 1.00 e.